The Bertz CT molecular complexity index is 136. The van der Waals surface area contributed by atoms with E-state index in [2.05, 4.69) is 10.6 Å². The molecule has 2 bridgehead atoms. The van der Waals surface area contributed by atoms with Crippen LogP contribution in [0.1, 0.15) is 12.8 Å². The predicted molar refractivity (Wildman–Crippen MR) is 38.8 cm³/mol. The lowest BCUT2D eigenvalue weighted by atomic mass is 9.99. The molecule has 2 unspecified atom stereocenters. The summed E-state index contributed by atoms with van der Waals surface area (Å²) in [7, 11) is 0. The molecule has 3 nitrogen and oxygen atoms in total. The standard InChI is InChI=1S/C7H14N2O/c10-5-7-2-1-6(9-7)3-8-4-7/h6,8-10H,1-5H2. The maximum absolute atomic E-state index is 9.07. The van der Waals surface area contributed by atoms with Gasteiger partial charge in [-0.25, -0.2) is 0 Å². The van der Waals surface area contributed by atoms with Gasteiger partial charge in [0, 0.05) is 19.1 Å². The largest absolute Gasteiger partial charge is 0.394 e. The Morgan fingerprint density at radius 2 is 2.50 bits per heavy atom. The molecule has 2 rings (SSSR count). The fourth-order valence-electron chi connectivity index (χ4n) is 1.99. The summed E-state index contributed by atoms with van der Waals surface area (Å²) < 4.78 is 0. The Balaban J connectivity index is 2.10. The minimum atomic E-state index is 0.0307. The van der Waals surface area contributed by atoms with Crippen LogP contribution in [-0.2, 0) is 0 Å². The van der Waals surface area contributed by atoms with Crippen molar-refractivity contribution in [2.45, 2.75) is 24.4 Å². The van der Waals surface area contributed by atoms with Crippen LogP contribution in [0.15, 0.2) is 0 Å². The van der Waals surface area contributed by atoms with Gasteiger partial charge in [-0.2, -0.15) is 0 Å². The highest BCUT2D eigenvalue weighted by molar-refractivity contribution is 5.03. The van der Waals surface area contributed by atoms with Crippen molar-refractivity contribution in [2.75, 3.05) is 19.7 Å². The summed E-state index contributed by atoms with van der Waals surface area (Å²) in [6.07, 6.45) is 2.34. The minimum Gasteiger partial charge on any atom is -0.394 e. The fraction of sp³-hybridized carbons (Fsp3) is 1.00. The normalized spacial score (nSPS) is 45.9. The van der Waals surface area contributed by atoms with Gasteiger partial charge in [-0.15, -0.1) is 0 Å². The Morgan fingerprint density at radius 1 is 1.60 bits per heavy atom. The van der Waals surface area contributed by atoms with Crippen LogP contribution in [0.3, 0.4) is 0 Å². The zero-order valence-electron chi connectivity index (χ0n) is 6.06. The molecule has 2 saturated heterocycles. The van der Waals surface area contributed by atoms with E-state index >= 15 is 0 Å². The molecule has 2 aliphatic heterocycles. The highest BCUT2D eigenvalue weighted by Crippen LogP contribution is 2.24. The van der Waals surface area contributed by atoms with Gasteiger partial charge in [0.2, 0.25) is 0 Å². The number of hydrogen-bond donors (Lipinski definition) is 3. The van der Waals surface area contributed by atoms with Crippen LogP contribution in [0, 0.1) is 0 Å². The number of piperazine rings is 1. The van der Waals surface area contributed by atoms with Gasteiger partial charge in [0.05, 0.1) is 12.1 Å². The first kappa shape index (κ1) is 6.58. The molecular weight excluding hydrogens is 128 g/mol. The number of fused-ring (bicyclic) bond motifs is 2. The summed E-state index contributed by atoms with van der Waals surface area (Å²) >= 11 is 0. The van der Waals surface area contributed by atoms with Crippen LogP contribution < -0.4 is 10.6 Å². The Kier molecular flexibility index (Phi) is 1.44. The first-order chi connectivity index (χ1) is 4.85. The van der Waals surface area contributed by atoms with E-state index in [0.717, 1.165) is 19.5 Å². The van der Waals surface area contributed by atoms with E-state index in [-0.39, 0.29) is 12.1 Å². The van der Waals surface area contributed by atoms with Crippen LogP contribution in [0.5, 0.6) is 0 Å². The second-order valence-corrected chi connectivity index (χ2v) is 3.45. The van der Waals surface area contributed by atoms with Gasteiger partial charge in [0.1, 0.15) is 0 Å². The third-order valence-corrected chi connectivity index (χ3v) is 2.64. The highest BCUT2D eigenvalue weighted by Gasteiger charge is 2.40. The van der Waals surface area contributed by atoms with Crippen molar-refractivity contribution in [2.24, 2.45) is 0 Å². The maximum Gasteiger partial charge on any atom is 0.0625 e. The van der Waals surface area contributed by atoms with E-state index in [1.54, 1.807) is 0 Å². The summed E-state index contributed by atoms with van der Waals surface area (Å²) in [5, 5.41) is 15.8. The Morgan fingerprint density at radius 3 is 3.20 bits per heavy atom. The third-order valence-electron chi connectivity index (χ3n) is 2.64. The van der Waals surface area contributed by atoms with Crippen molar-refractivity contribution < 1.29 is 5.11 Å². The number of rotatable bonds is 1. The summed E-state index contributed by atoms with van der Waals surface area (Å²) in [4.78, 5) is 0. The average Bonchev–Trinajstić information content (AvgIpc) is 2.29. The van der Waals surface area contributed by atoms with Gasteiger partial charge < -0.3 is 15.7 Å². The minimum absolute atomic E-state index is 0.0307. The Hall–Kier alpha value is -0.120. The van der Waals surface area contributed by atoms with Gasteiger partial charge in [-0.05, 0) is 12.8 Å². The van der Waals surface area contributed by atoms with Crippen LogP contribution in [0.4, 0.5) is 0 Å². The van der Waals surface area contributed by atoms with E-state index in [9.17, 15) is 0 Å². The van der Waals surface area contributed by atoms with Gasteiger partial charge in [-0.3, -0.25) is 0 Å². The molecule has 0 aliphatic carbocycles. The first-order valence-corrected chi connectivity index (χ1v) is 3.94. The molecule has 58 valence electrons. The molecule has 2 atom stereocenters. The predicted octanol–water partition coefficient (Wildman–Crippen LogP) is -0.927. The SMILES string of the molecule is OCC12CCC(CNC1)N2. The molecule has 0 amide bonds. The second kappa shape index (κ2) is 2.19. The van der Waals surface area contributed by atoms with E-state index in [0.29, 0.717) is 6.04 Å². The number of hydrogen-bond acceptors (Lipinski definition) is 3. The van der Waals surface area contributed by atoms with Crippen molar-refractivity contribution in [3.8, 4) is 0 Å². The molecule has 0 spiro atoms. The quantitative estimate of drug-likeness (QED) is 0.443. The van der Waals surface area contributed by atoms with Crippen LogP contribution in [0.25, 0.3) is 0 Å². The topological polar surface area (TPSA) is 44.3 Å². The molecule has 2 aliphatic rings. The van der Waals surface area contributed by atoms with E-state index in [1.807, 2.05) is 0 Å². The fourth-order valence-corrected chi connectivity index (χ4v) is 1.99. The van der Waals surface area contributed by atoms with Crippen molar-refractivity contribution >= 4 is 0 Å². The molecule has 10 heavy (non-hydrogen) atoms. The molecule has 2 fully saturated rings. The summed E-state index contributed by atoms with van der Waals surface area (Å²) in [6.45, 7) is 2.28. The molecule has 0 aromatic heterocycles. The lowest BCUT2D eigenvalue weighted by molar-refractivity contribution is 0.157. The van der Waals surface area contributed by atoms with E-state index in [1.165, 1.54) is 6.42 Å². The van der Waals surface area contributed by atoms with Crippen molar-refractivity contribution in [3.05, 3.63) is 0 Å². The van der Waals surface area contributed by atoms with Crippen LogP contribution in [0.2, 0.25) is 0 Å². The zero-order valence-corrected chi connectivity index (χ0v) is 6.06. The van der Waals surface area contributed by atoms with Crippen molar-refractivity contribution in [3.63, 3.8) is 0 Å². The summed E-state index contributed by atoms with van der Waals surface area (Å²) in [5.74, 6) is 0. The van der Waals surface area contributed by atoms with Gasteiger partial charge in [0.25, 0.3) is 0 Å². The lowest BCUT2D eigenvalue weighted by Crippen LogP contribution is -2.59. The third kappa shape index (κ3) is 0.856. The smallest absolute Gasteiger partial charge is 0.0625 e. The average molecular weight is 142 g/mol. The lowest BCUT2D eigenvalue weighted by Gasteiger charge is -2.33. The molecule has 0 saturated carbocycles. The highest BCUT2D eigenvalue weighted by atomic mass is 16.3. The summed E-state index contributed by atoms with van der Waals surface area (Å²) in [6, 6.07) is 0.612. The number of aliphatic hydroxyl groups excluding tert-OH is 1. The summed E-state index contributed by atoms with van der Waals surface area (Å²) in [5.41, 5.74) is 0.0307. The Labute approximate surface area is 60.8 Å². The number of nitrogens with one attached hydrogen (secondary N) is 2. The first-order valence-electron chi connectivity index (χ1n) is 3.94. The molecule has 3 N–H and O–H groups in total. The van der Waals surface area contributed by atoms with E-state index < -0.39 is 0 Å². The molecule has 3 heteroatoms. The van der Waals surface area contributed by atoms with Gasteiger partial charge >= 0.3 is 0 Å². The number of aliphatic hydroxyl groups is 1. The zero-order chi connectivity index (χ0) is 7.03. The molecule has 0 aromatic rings. The van der Waals surface area contributed by atoms with Gasteiger partial charge in [-0.1, -0.05) is 0 Å². The molecule has 0 radical (unpaired) electrons. The molecular formula is C7H14N2O. The van der Waals surface area contributed by atoms with E-state index in [4.69, 9.17) is 5.11 Å². The van der Waals surface area contributed by atoms with Crippen molar-refractivity contribution in [1.82, 2.24) is 10.6 Å². The van der Waals surface area contributed by atoms with Crippen LogP contribution in [-0.4, -0.2) is 36.4 Å². The monoisotopic (exact) mass is 142 g/mol. The maximum atomic E-state index is 9.07. The second-order valence-electron chi connectivity index (χ2n) is 3.45. The van der Waals surface area contributed by atoms with Crippen LogP contribution >= 0.6 is 0 Å². The van der Waals surface area contributed by atoms with Crippen molar-refractivity contribution in [1.29, 1.82) is 0 Å². The van der Waals surface area contributed by atoms with Gasteiger partial charge in [0.15, 0.2) is 0 Å². The molecule has 2 heterocycles. The molecule has 0 aromatic carbocycles.